The number of hydrogen-bond donors (Lipinski definition) is 2. The summed E-state index contributed by atoms with van der Waals surface area (Å²) in [6, 6.07) is 0. The Kier molecular flexibility index (Phi) is 6.85. The van der Waals surface area contributed by atoms with E-state index in [0.29, 0.717) is 13.2 Å². The molecule has 0 atom stereocenters. The molecule has 0 saturated carbocycles. The predicted octanol–water partition coefficient (Wildman–Crippen LogP) is 0.968. The van der Waals surface area contributed by atoms with Gasteiger partial charge in [0.1, 0.15) is 6.61 Å². The fourth-order valence-electron chi connectivity index (χ4n) is 1.79. The van der Waals surface area contributed by atoms with Crippen LogP contribution in [0.25, 0.3) is 0 Å². The minimum absolute atomic E-state index is 0.0511. The number of nitrogens with one attached hydrogen (secondary N) is 1. The molecule has 1 aliphatic rings. The highest BCUT2D eigenvalue weighted by Crippen LogP contribution is 2.19. The fraction of sp³-hybridized carbons (Fsp3) is 0.750. The highest BCUT2D eigenvalue weighted by Gasteiger charge is 2.04. The molecule has 0 fully saturated rings. The number of hydrogen-bond acceptors (Lipinski definition) is 3. The van der Waals surface area contributed by atoms with Crippen LogP contribution in [0.15, 0.2) is 11.6 Å². The zero-order valence-corrected chi connectivity index (χ0v) is 9.84. The van der Waals surface area contributed by atoms with Crippen LogP contribution in [-0.2, 0) is 9.53 Å². The van der Waals surface area contributed by atoms with Crippen molar-refractivity contribution in [3.05, 3.63) is 11.6 Å². The van der Waals surface area contributed by atoms with Gasteiger partial charge in [-0.2, -0.15) is 0 Å². The molecular weight excluding hydrogens is 204 g/mol. The lowest BCUT2D eigenvalue weighted by Gasteiger charge is -2.12. The summed E-state index contributed by atoms with van der Waals surface area (Å²) in [4.78, 5) is 11.3. The van der Waals surface area contributed by atoms with Gasteiger partial charge in [-0.15, -0.1) is 0 Å². The summed E-state index contributed by atoms with van der Waals surface area (Å²) in [6.45, 7) is 1.74. The smallest absolute Gasteiger partial charge is 0.246 e. The van der Waals surface area contributed by atoms with E-state index in [4.69, 9.17) is 10.5 Å². The molecule has 92 valence electrons. The molecule has 1 rings (SSSR count). The zero-order valence-electron chi connectivity index (χ0n) is 9.84. The molecule has 0 radical (unpaired) electrons. The first kappa shape index (κ1) is 13.2. The Morgan fingerprint density at radius 2 is 2.38 bits per heavy atom. The average Bonchev–Trinajstić information content (AvgIpc) is 2.31. The van der Waals surface area contributed by atoms with Crippen LogP contribution in [-0.4, -0.2) is 32.2 Å². The van der Waals surface area contributed by atoms with Gasteiger partial charge in [0.15, 0.2) is 0 Å². The van der Waals surface area contributed by atoms with Gasteiger partial charge in [0.25, 0.3) is 0 Å². The van der Waals surface area contributed by atoms with Gasteiger partial charge < -0.3 is 15.8 Å². The summed E-state index contributed by atoms with van der Waals surface area (Å²) in [5.41, 5.74) is 6.73. The fourth-order valence-corrected chi connectivity index (χ4v) is 1.79. The highest BCUT2D eigenvalue weighted by molar-refractivity contribution is 5.77. The van der Waals surface area contributed by atoms with Crippen molar-refractivity contribution in [3.8, 4) is 0 Å². The lowest BCUT2D eigenvalue weighted by molar-refractivity contribution is -0.125. The Hall–Kier alpha value is -0.870. The van der Waals surface area contributed by atoms with Crippen molar-refractivity contribution >= 4 is 5.91 Å². The van der Waals surface area contributed by atoms with E-state index in [9.17, 15) is 4.79 Å². The van der Waals surface area contributed by atoms with Crippen LogP contribution >= 0.6 is 0 Å². The van der Waals surface area contributed by atoms with Crippen LogP contribution in [0.1, 0.15) is 32.1 Å². The van der Waals surface area contributed by atoms with Crippen molar-refractivity contribution in [2.45, 2.75) is 32.1 Å². The zero-order chi connectivity index (χ0) is 11.6. The molecule has 16 heavy (non-hydrogen) atoms. The minimum atomic E-state index is -0.0511. The number of nitrogens with two attached hydrogens (primary N) is 1. The third kappa shape index (κ3) is 5.88. The van der Waals surface area contributed by atoms with Gasteiger partial charge >= 0.3 is 0 Å². The topological polar surface area (TPSA) is 64.3 Å². The Labute approximate surface area is 97.2 Å². The molecule has 1 aliphatic carbocycles. The first-order valence-electron chi connectivity index (χ1n) is 6.05. The van der Waals surface area contributed by atoms with Crippen molar-refractivity contribution in [2.75, 3.05) is 26.3 Å². The summed E-state index contributed by atoms with van der Waals surface area (Å²) in [5, 5.41) is 2.84. The summed E-state index contributed by atoms with van der Waals surface area (Å²) >= 11 is 0. The van der Waals surface area contributed by atoms with Crippen molar-refractivity contribution < 1.29 is 9.53 Å². The molecule has 0 aromatic heterocycles. The maximum Gasteiger partial charge on any atom is 0.246 e. The molecule has 0 saturated heterocycles. The molecule has 0 heterocycles. The molecule has 0 spiro atoms. The lowest BCUT2D eigenvalue weighted by atomic mass is 9.97. The van der Waals surface area contributed by atoms with Crippen molar-refractivity contribution in [1.29, 1.82) is 0 Å². The van der Waals surface area contributed by atoms with E-state index in [-0.39, 0.29) is 12.5 Å². The van der Waals surface area contributed by atoms with Crippen molar-refractivity contribution in [2.24, 2.45) is 5.73 Å². The number of ether oxygens (including phenoxy) is 1. The molecule has 4 nitrogen and oxygen atoms in total. The van der Waals surface area contributed by atoms with Gasteiger partial charge in [-0.1, -0.05) is 11.6 Å². The van der Waals surface area contributed by atoms with E-state index in [2.05, 4.69) is 11.4 Å². The molecule has 4 heteroatoms. The molecule has 1 amide bonds. The average molecular weight is 226 g/mol. The van der Waals surface area contributed by atoms with E-state index < -0.39 is 0 Å². The third-order valence-electron chi connectivity index (χ3n) is 2.65. The summed E-state index contributed by atoms with van der Waals surface area (Å²) < 4.78 is 5.04. The number of allylic oxidation sites excluding steroid dienone is 1. The summed E-state index contributed by atoms with van der Waals surface area (Å²) in [6.07, 6.45) is 8.27. The van der Waals surface area contributed by atoms with Crippen LogP contribution in [0.5, 0.6) is 0 Å². The second kappa shape index (κ2) is 8.30. The van der Waals surface area contributed by atoms with Gasteiger partial charge in [0.05, 0.1) is 6.61 Å². The third-order valence-corrected chi connectivity index (χ3v) is 2.65. The Morgan fingerprint density at radius 3 is 3.06 bits per heavy atom. The molecule has 0 aromatic carbocycles. The molecule has 0 aromatic rings. The van der Waals surface area contributed by atoms with Gasteiger partial charge in [0, 0.05) is 13.1 Å². The van der Waals surface area contributed by atoms with Crippen molar-refractivity contribution in [1.82, 2.24) is 5.32 Å². The monoisotopic (exact) mass is 226 g/mol. The van der Waals surface area contributed by atoms with Gasteiger partial charge in [0.2, 0.25) is 5.91 Å². The number of carbonyl (C=O) groups excluding carboxylic acids is 1. The second-order valence-corrected chi connectivity index (χ2v) is 4.05. The number of carbonyl (C=O) groups is 1. The summed E-state index contributed by atoms with van der Waals surface area (Å²) in [5.74, 6) is -0.0511. The standard InChI is InChI=1S/C12H22N2O2/c13-7-9-16-10-12(15)14-8-6-11-4-2-1-3-5-11/h4H,1-3,5-10,13H2,(H,14,15). The number of amides is 1. The summed E-state index contributed by atoms with van der Waals surface area (Å²) in [7, 11) is 0. The van der Waals surface area contributed by atoms with Gasteiger partial charge in [-0.3, -0.25) is 4.79 Å². The molecular formula is C12H22N2O2. The van der Waals surface area contributed by atoms with E-state index >= 15 is 0 Å². The maximum atomic E-state index is 11.3. The minimum Gasteiger partial charge on any atom is -0.370 e. The van der Waals surface area contributed by atoms with Crippen LogP contribution in [0.3, 0.4) is 0 Å². The molecule has 0 unspecified atom stereocenters. The normalized spacial score (nSPS) is 15.7. The molecule has 0 bridgehead atoms. The van der Waals surface area contributed by atoms with Crippen LogP contribution in [0.4, 0.5) is 0 Å². The first-order valence-corrected chi connectivity index (χ1v) is 6.05. The van der Waals surface area contributed by atoms with E-state index in [1.54, 1.807) is 0 Å². The van der Waals surface area contributed by atoms with E-state index in [1.807, 2.05) is 0 Å². The van der Waals surface area contributed by atoms with Crippen LogP contribution in [0.2, 0.25) is 0 Å². The largest absolute Gasteiger partial charge is 0.370 e. The van der Waals surface area contributed by atoms with Crippen LogP contribution in [0, 0.1) is 0 Å². The molecule has 3 N–H and O–H groups in total. The van der Waals surface area contributed by atoms with E-state index in [0.717, 1.165) is 13.0 Å². The van der Waals surface area contributed by atoms with Crippen molar-refractivity contribution in [3.63, 3.8) is 0 Å². The highest BCUT2D eigenvalue weighted by atomic mass is 16.5. The second-order valence-electron chi connectivity index (χ2n) is 4.05. The first-order chi connectivity index (χ1) is 7.83. The van der Waals surface area contributed by atoms with Gasteiger partial charge in [-0.25, -0.2) is 0 Å². The Balaban J connectivity index is 2.01. The SMILES string of the molecule is NCCOCC(=O)NCCC1=CCCCC1. The lowest BCUT2D eigenvalue weighted by Crippen LogP contribution is -2.29. The molecule has 0 aliphatic heterocycles. The predicted molar refractivity (Wildman–Crippen MR) is 64.1 cm³/mol. The quantitative estimate of drug-likeness (QED) is 0.502. The maximum absolute atomic E-state index is 11.3. The van der Waals surface area contributed by atoms with Crippen LogP contribution < -0.4 is 11.1 Å². The van der Waals surface area contributed by atoms with Gasteiger partial charge in [-0.05, 0) is 32.1 Å². The number of rotatable bonds is 7. The Morgan fingerprint density at radius 1 is 1.50 bits per heavy atom. The Bertz CT molecular complexity index is 239. The van der Waals surface area contributed by atoms with E-state index in [1.165, 1.54) is 31.3 Å².